The number of hydrogen-bond donors (Lipinski definition) is 3. The van der Waals surface area contributed by atoms with Gasteiger partial charge in [0.25, 0.3) is 5.56 Å². The molecule has 100 valence electrons. The molecule has 0 radical (unpaired) electrons. The number of nitrogen functional groups attached to an aromatic ring is 1. The van der Waals surface area contributed by atoms with Crippen molar-refractivity contribution in [1.29, 1.82) is 0 Å². The zero-order valence-corrected chi connectivity index (χ0v) is 10.7. The van der Waals surface area contributed by atoms with Crippen molar-refractivity contribution in [2.75, 3.05) is 11.1 Å². The average molecular weight is 252 g/mol. The number of H-pyrrole nitrogens is 1. The van der Waals surface area contributed by atoms with Crippen molar-refractivity contribution in [2.24, 2.45) is 7.05 Å². The minimum absolute atomic E-state index is 0.202. The molecule has 0 bridgehead atoms. The van der Waals surface area contributed by atoms with Crippen LogP contribution in [0.4, 0.5) is 11.5 Å². The molecule has 1 aliphatic rings. The lowest BCUT2D eigenvalue weighted by Gasteiger charge is -2.18. The van der Waals surface area contributed by atoms with Gasteiger partial charge in [-0.2, -0.15) is 0 Å². The summed E-state index contributed by atoms with van der Waals surface area (Å²) in [5, 5.41) is 3.20. The highest BCUT2D eigenvalue weighted by Gasteiger charge is 2.16. The summed E-state index contributed by atoms with van der Waals surface area (Å²) in [6.45, 7) is 0. The highest BCUT2D eigenvalue weighted by Crippen LogP contribution is 2.21. The van der Waals surface area contributed by atoms with E-state index >= 15 is 0 Å². The van der Waals surface area contributed by atoms with Gasteiger partial charge in [-0.3, -0.25) is 14.3 Å². The van der Waals surface area contributed by atoms with Gasteiger partial charge in [0.15, 0.2) is 0 Å². The van der Waals surface area contributed by atoms with Crippen molar-refractivity contribution in [2.45, 2.75) is 44.6 Å². The third-order valence-electron chi connectivity index (χ3n) is 3.57. The minimum atomic E-state index is -0.482. The molecule has 0 atom stereocenters. The van der Waals surface area contributed by atoms with Crippen LogP contribution >= 0.6 is 0 Å². The monoisotopic (exact) mass is 252 g/mol. The Morgan fingerprint density at radius 2 is 1.83 bits per heavy atom. The summed E-state index contributed by atoms with van der Waals surface area (Å²) < 4.78 is 1.25. The van der Waals surface area contributed by atoms with Crippen LogP contribution in [0.25, 0.3) is 0 Å². The standard InChI is InChI=1S/C12H20N4O2/c1-16-10(13)9(11(17)15-12(16)18)14-8-6-4-2-3-5-7-8/h8,14H,2-7,13H2,1H3,(H,15,17,18). The molecule has 4 N–H and O–H groups in total. The molecular weight excluding hydrogens is 232 g/mol. The molecule has 1 aromatic heterocycles. The Morgan fingerprint density at radius 3 is 2.44 bits per heavy atom. The molecule has 0 aliphatic heterocycles. The Bertz CT molecular complexity index is 524. The molecule has 1 aromatic rings. The van der Waals surface area contributed by atoms with Gasteiger partial charge in [0.1, 0.15) is 11.5 Å². The maximum atomic E-state index is 11.8. The van der Waals surface area contributed by atoms with Crippen molar-refractivity contribution in [1.82, 2.24) is 9.55 Å². The molecule has 18 heavy (non-hydrogen) atoms. The molecule has 0 unspecified atom stereocenters. The average Bonchev–Trinajstić information content (AvgIpc) is 2.60. The third kappa shape index (κ3) is 2.57. The van der Waals surface area contributed by atoms with Gasteiger partial charge in [-0.15, -0.1) is 0 Å². The quantitative estimate of drug-likeness (QED) is 0.678. The van der Waals surface area contributed by atoms with Crippen LogP contribution in [-0.2, 0) is 7.05 Å². The second-order valence-corrected chi connectivity index (χ2v) is 4.91. The first-order valence-corrected chi connectivity index (χ1v) is 6.45. The van der Waals surface area contributed by atoms with Crippen LogP contribution in [0.1, 0.15) is 38.5 Å². The van der Waals surface area contributed by atoms with Gasteiger partial charge in [0, 0.05) is 13.1 Å². The first-order chi connectivity index (χ1) is 8.59. The molecule has 6 nitrogen and oxygen atoms in total. The van der Waals surface area contributed by atoms with E-state index in [-0.39, 0.29) is 11.9 Å². The van der Waals surface area contributed by atoms with Gasteiger partial charge in [0.05, 0.1) is 0 Å². The predicted molar refractivity (Wildman–Crippen MR) is 71.8 cm³/mol. The highest BCUT2D eigenvalue weighted by molar-refractivity contribution is 5.60. The Hall–Kier alpha value is -1.72. The summed E-state index contributed by atoms with van der Waals surface area (Å²) in [4.78, 5) is 25.4. The summed E-state index contributed by atoms with van der Waals surface area (Å²) in [7, 11) is 1.55. The molecule has 0 spiro atoms. The summed E-state index contributed by atoms with van der Waals surface area (Å²) in [5.41, 5.74) is 5.23. The fourth-order valence-electron chi connectivity index (χ4n) is 2.40. The fraction of sp³-hybridized carbons (Fsp3) is 0.667. The molecule has 2 rings (SSSR count). The lowest BCUT2D eigenvalue weighted by Crippen LogP contribution is -2.34. The molecule has 1 aliphatic carbocycles. The third-order valence-corrected chi connectivity index (χ3v) is 3.57. The van der Waals surface area contributed by atoms with Crippen molar-refractivity contribution in [3.8, 4) is 0 Å². The summed E-state index contributed by atoms with van der Waals surface area (Å²) in [6.07, 6.45) is 6.92. The molecular formula is C12H20N4O2. The molecule has 0 saturated heterocycles. The van der Waals surface area contributed by atoms with Crippen LogP contribution in [0, 0.1) is 0 Å². The van der Waals surface area contributed by atoms with Crippen LogP contribution in [0.5, 0.6) is 0 Å². The molecule has 1 saturated carbocycles. The molecule has 6 heteroatoms. The van der Waals surface area contributed by atoms with Crippen molar-refractivity contribution in [3.63, 3.8) is 0 Å². The normalized spacial score (nSPS) is 17.4. The minimum Gasteiger partial charge on any atom is -0.383 e. The van der Waals surface area contributed by atoms with Gasteiger partial charge in [-0.05, 0) is 12.8 Å². The molecule has 1 fully saturated rings. The van der Waals surface area contributed by atoms with Crippen molar-refractivity contribution < 1.29 is 0 Å². The van der Waals surface area contributed by atoms with Gasteiger partial charge >= 0.3 is 5.69 Å². The summed E-state index contributed by atoms with van der Waals surface area (Å²) in [5.74, 6) is 0.202. The number of rotatable bonds is 2. The van der Waals surface area contributed by atoms with Crippen LogP contribution in [0.15, 0.2) is 9.59 Å². The number of anilines is 2. The highest BCUT2D eigenvalue weighted by atomic mass is 16.2. The van der Waals surface area contributed by atoms with Crippen LogP contribution in [-0.4, -0.2) is 15.6 Å². The van der Waals surface area contributed by atoms with Crippen molar-refractivity contribution >= 4 is 11.5 Å². The summed E-state index contributed by atoms with van der Waals surface area (Å²) >= 11 is 0. The number of aromatic amines is 1. The maximum absolute atomic E-state index is 11.8. The number of aromatic nitrogens is 2. The smallest absolute Gasteiger partial charge is 0.329 e. The topological polar surface area (TPSA) is 92.9 Å². The van der Waals surface area contributed by atoms with Gasteiger partial charge < -0.3 is 11.1 Å². The van der Waals surface area contributed by atoms with E-state index < -0.39 is 11.2 Å². The number of nitrogens with two attached hydrogens (primary N) is 1. The van der Waals surface area contributed by atoms with E-state index in [0.29, 0.717) is 5.69 Å². The number of nitrogens with one attached hydrogen (secondary N) is 2. The fourth-order valence-corrected chi connectivity index (χ4v) is 2.40. The Morgan fingerprint density at radius 1 is 1.22 bits per heavy atom. The van der Waals surface area contributed by atoms with Gasteiger partial charge in [-0.25, -0.2) is 4.79 Å². The Labute approximate surface area is 105 Å². The van der Waals surface area contributed by atoms with Crippen molar-refractivity contribution in [3.05, 3.63) is 20.8 Å². The van der Waals surface area contributed by atoms with Crippen LogP contribution in [0.2, 0.25) is 0 Å². The van der Waals surface area contributed by atoms with E-state index in [1.807, 2.05) is 0 Å². The van der Waals surface area contributed by atoms with E-state index in [4.69, 9.17) is 5.73 Å². The largest absolute Gasteiger partial charge is 0.383 e. The van der Waals surface area contributed by atoms with Crippen LogP contribution in [0.3, 0.4) is 0 Å². The maximum Gasteiger partial charge on any atom is 0.329 e. The van der Waals surface area contributed by atoms with E-state index in [2.05, 4.69) is 10.3 Å². The lowest BCUT2D eigenvalue weighted by molar-refractivity contribution is 0.617. The van der Waals surface area contributed by atoms with E-state index in [9.17, 15) is 9.59 Å². The second kappa shape index (κ2) is 5.29. The molecule has 0 amide bonds. The Kier molecular flexibility index (Phi) is 3.74. The Balaban J connectivity index is 2.25. The van der Waals surface area contributed by atoms with E-state index in [0.717, 1.165) is 12.8 Å². The SMILES string of the molecule is Cn1c(N)c(NC2CCCCCC2)c(=O)[nH]c1=O. The number of hydrogen-bond acceptors (Lipinski definition) is 4. The van der Waals surface area contributed by atoms with Crippen LogP contribution < -0.4 is 22.3 Å². The molecule has 0 aromatic carbocycles. The second-order valence-electron chi connectivity index (χ2n) is 4.91. The van der Waals surface area contributed by atoms with E-state index in [1.165, 1.54) is 30.3 Å². The predicted octanol–water partition coefficient (Wildman–Crippen LogP) is 0.790. The van der Waals surface area contributed by atoms with Gasteiger partial charge in [0.2, 0.25) is 0 Å². The lowest BCUT2D eigenvalue weighted by atomic mass is 10.1. The van der Waals surface area contributed by atoms with E-state index in [1.54, 1.807) is 7.05 Å². The zero-order chi connectivity index (χ0) is 13.1. The number of nitrogens with zero attached hydrogens (tertiary/aromatic N) is 1. The first-order valence-electron chi connectivity index (χ1n) is 6.45. The first kappa shape index (κ1) is 12.7. The van der Waals surface area contributed by atoms with Gasteiger partial charge in [-0.1, -0.05) is 25.7 Å². The summed E-state index contributed by atoms with van der Waals surface area (Å²) in [6, 6.07) is 0.272. The molecule has 1 heterocycles. The zero-order valence-electron chi connectivity index (χ0n) is 10.7.